The van der Waals surface area contributed by atoms with E-state index in [0.29, 0.717) is 9.54 Å². The van der Waals surface area contributed by atoms with Gasteiger partial charge >= 0.3 is 5.97 Å². The number of aryl methyl sites for hydroxylation is 2. The van der Waals surface area contributed by atoms with Gasteiger partial charge in [-0.15, -0.1) is 0 Å². The summed E-state index contributed by atoms with van der Waals surface area (Å²) >= 11 is 10.6. The zero-order valence-corrected chi connectivity index (χ0v) is 19.9. The zero-order valence-electron chi connectivity index (χ0n) is 18.3. The van der Waals surface area contributed by atoms with E-state index in [1.54, 1.807) is 4.57 Å². The van der Waals surface area contributed by atoms with E-state index in [4.69, 9.17) is 24.4 Å². The van der Waals surface area contributed by atoms with Crippen LogP contribution in [-0.2, 0) is 10.2 Å². The van der Waals surface area contributed by atoms with Crippen molar-refractivity contribution in [1.82, 2.24) is 14.8 Å². The van der Waals surface area contributed by atoms with Crippen LogP contribution in [0.3, 0.4) is 0 Å². The molecule has 3 aromatic rings. The van der Waals surface area contributed by atoms with Gasteiger partial charge in [0.25, 0.3) is 0 Å². The molecule has 0 radical (unpaired) electrons. The zero-order chi connectivity index (χ0) is 22.9. The molecule has 0 aliphatic heterocycles. The molecule has 1 fully saturated rings. The molecule has 32 heavy (non-hydrogen) atoms. The largest absolute Gasteiger partial charge is 0.481 e. The van der Waals surface area contributed by atoms with Crippen LogP contribution < -0.4 is 5.32 Å². The van der Waals surface area contributed by atoms with Crippen LogP contribution >= 0.6 is 24.4 Å². The number of aromatic nitrogens is 3. The molecule has 1 aliphatic carbocycles. The third-order valence-electron chi connectivity index (χ3n) is 6.55. The number of carbonyl (C=O) groups is 1. The monoisotopic (exact) mass is 468 g/mol. The number of hydrogen-bond donors (Lipinski definition) is 4. The van der Waals surface area contributed by atoms with Gasteiger partial charge in [0.2, 0.25) is 0 Å². The van der Waals surface area contributed by atoms with E-state index in [-0.39, 0.29) is 17.8 Å². The Morgan fingerprint density at radius 2 is 1.81 bits per heavy atom. The average Bonchev–Trinajstić information content (AvgIpc) is 3.30. The second-order valence-corrected chi connectivity index (χ2v) is 9.47. The van der Waals surface area contributed by atoms with Crippen LogP contribution in [0.25, 0.3) is 5.69 Å². The van der Waals surface area contributed by atoms with Crippen molar-refractivity contribution in [2.24, 2.45) is 5.92 Å². The van der Waals surface area contributed by atoms with Gasteiger partial charge in [-0.2, -0.15) is 0 Å². The molecule has 0 spiro atoms. The molecule has 4 N–H and O–H groups in total. The maximum Gasteiger partial charge on any atom is 0.303 e. The smallest absolute Gasteiger partial charge is 0.303 e. The van der Waals surface area contributed by atoms with E-state index in [2.05, 4.69) is 47.6 Å². The van der Waals surface area contributed by atoms with Gasteiger partial charge in [0.1, 0.15) is 0 Å². The van der Waals surface area contributed by atoms with Crippen molar-refractivity contribution in [2.75, 3.05) is 11.9 Å². The summed E-state index contributed by atoms with van der Waals surface area (Å²) < 4.78 is 2.84. The van der Waals surface area contributed by atoms with Gasteiger partial charge in [0.05, 0.1) is 5.69 Å². The van der Waals surface area contributed by atoms with Crippen LogP contribution in [0.4, 0.5) is 5.69 Å². The standard InChI is InChI=1S/C24H28N4O2S2/c1-15-6-3-7-16(2)21(15)24(14-17(24)12-20(29)30)10-5-11-25-18-8-4-9-19(13-18)28-22(31)26-27-23(28)32/h3-4,6-9,13,17,25H,5,10-12,14H2,1-2H3,(H,26,31)(H,27,32)(H,29,30). The Bertz CT molecular complexity index is 1210. The van der Waals surface area contributed by atoms with Crippen LogP contribution in [0, 0.1) is 29.3 Å². The number of H-pyrrole nitrogens is 2. The third kappa shape index (κ3) is 4.42. The van der Waals surface area contributed by atoms with Gasteiger partial charge in [-0.1, -0.05) is 24.3 Å². The third-order valence-corrected chi connectivity index (χ3v) is 7.12. The first-order valence-corrected chi connectivity index (χ1v) is 11.7. The number of carboxylic acids is 1. The normalized spacial score (nSPS) is 19.6. The topological polar surface area (TPSA) is 85.8 Å². The molecule has 0 amide bonds. The lowest BCUT2D eigenvalue weighted by atomic mass is 9.82. The Labute approximate surface area is 197 Å². The van der Waals surface area contributed by atoms with Crippen molar-refractivity contribution < 1.29 is 9.90 Å². The summed E-state index contributed by atoms with van der Waals surface area (Å²) in [7, 11) is 0. The van der Waals surface area contributed by atoms with Crippen LogP contribution in [0.2, 0.25) is 0 Å². The van der Waals surface area contributed by atoms with Crippen molar-refractivity contribution in [2.45, 2.75) is 44.9 Å². The quantitative estimate of drug-likeness (QED) is 0.234. The van der Waals surface area contributed by atoms with Crippen LogP contribution in [0.5, 0.6) is 0 Å². The fourth-order valence-corrected chi connectivity index (χ4v) is 5.69. The first-order chi connectivity index (χ1) is 15.3. The molecular weight excluding hydrogens is 440 g/mol. The molecule has 168 valence electrons. The van der Waals surface area contributed by atoms with Crippen molar-refractivity contribution in [1.29, 1.82) is 0 Å². The number of aliphatic carboxylic acids is 1. The highest BCUT2D eigenvalue weighted by atomic mass is 32.1. The summed E-state index contributed by atoms with van der Waals surface area (Å²) in [6, 6.07) is 14.4. The minimum absolute atomic E-state index is 0.0252. The number of carboxylic acid groups (broad SMARTS) is 1. The molecule has 8 heteroatoms. The van der Waals surface area contributed by atoms with Crippen molar-refractivity contribution >= 4 is 36.1 Å². The van der Waals surface area contributed by atoms with Crippen molar-refractivity contribution in [3.05, 3.63) is 68.7 Å². The highest BCUT2D eigenvalue weighted by molar-refractivity contribution is 7.72. The minimum Gasteiger partial charge on any atom is -0.481 e. The summed E-state index contributed by atoms with van der Waals surface area (Å²) in [4.78, 5) is 11.4. The maximum absolute atomic E-state index is 11.4. The van der Waals surface area contributed by atoms with E-state index in [9.17, 15) is 9.90 Å². The van der Waals surface area contributed by atoms with Gasteiger partial charge in [-0.05, 0) is 104 Å². The van der Waals surface area contributed by atoms with Crippen molar-refractivity contribution in [3.63, 3.8) is 0 Å². The molecule has 1 aromatic heterocycles. The first-order valence-electron chi connectivity index (χ1n) is 10.8. The fourth-order valence-electron chi connectivity index (χ4n) is 5.13. The van der Waals surface area contributed by atoms with Gasteiger partial charge < -0.3 is 10.4 Å². The fraction of sp³-hybridized carbons (Fsp3) is 0.375. The van der Waals surface area contributed by atoms with Crippen LogP contribution in [0.1, 0.15) is 42.4 Å². The van der Waals surface area contributed by atoms with Gasteiger partial charge in [-0.3, -0.25) is 19.6 Å². The highest BCUT2D eigenvalue weighted by Gasteiger charge is 2.55. The van der Waals surface area contributed by atoms with E-state index in [1.807, 2.05) is 24.3 Å². The summed E-state index contributed by atoms with van der Waals surface area (Å²) in [5.74, 6) is -0.500. The second kappa shape index (κ2) is 9.03. The molecule has 0 saturated heterocycles. The SMILES string of the molecule is Cc1cccc(C)c1C1(CCCNc2cccc(-n3c(=S)[nH][nH]c3=S)c2)CC1CC(=O)O. The summed E-state index contributed by atoms with van der Waals surface area (Å²) in [5.41, 5.74) is 5.75. The molecule has 1 heterocycles. The lowest BCUT2D eigenvalue weighted by Crippen LogP contribution is -2.17. The summed E-state index contributed by atoms with van der Waals surface area (Å²) in [6.07, 6.45) is 3.11. The predicted octanol–water partition coefficient (Wildman–Crippen LogP) is 5.83. The maximum atomic E-state index is 11.4. The molecule has 0 bridgehead atoms. The van der Waals surface area contributed by atoms with Gasteiger partial charge in [0, 0.05) is 18.7 Å². The molecular formula is C24H28N4O2S2. The van der Waals surface area contributed by atoms with E-state index < -0.39 is 5.97 Å². The Hall–Kier alpha value is -2.71. The molecule has 4 rings (SSSR count). The number of aromatic amines is 2. The molecule has 6 nitrogen and oxygen atoms in total. The first kappa shape index (κ1) is 22.5. The molecule has 2 aromatic carbocycles. The number of anilines is 1. The Balaban J connectivity index is 1.45. The summed E-state index contributed by atoms with van der Waals surface area (Å²) in [6.45, 7) is 5.09. The van der Waals surface area contributed by atoms with Crippen molar-refractivity contribution in [3.8, 4) is 5.69 Å². The van der Waals surface area contributed by atoms with Crippen LogP contribution in [0.15, 0.2) is 42.5 Å². The van der Waals surface area contributed by atoms with E-state index in [0.717, 1.165) is 37.2 Å². The van der Waals surface area contributed by atoms with Crippen LogP contribution in [-0.4, -0.2) is 32.4 Å². The Kier molecular flexibility index (Phi) is 6.35. The van der Waals surface area contributed by atoms with Gasteiger partial charge in [0.15, 0.2) is 9.54 Å². The highest BCUT2D eigenvalue weighted by Crippen LogP contribution is 2.60. The molecule has 2 atom stereocenters. The van der Waals surface area contributed by atoms with E-state index in [1.165, 1.54) is 16.7 Å². The number of hydrogen-bond acceptors (Lipinski definition) is 4. The number of rotatable bonds is 9. The molecule has 1 aliphatic rings. The number of nitrogens with zero attached hydrogens (tertiary/aromatic N) is 1. The minimum atomic E-state index is -0.709. The molecule has 2 unspecified atom stereocenters. The second-order valence-electron chi connectivity index (χ2n) is 8.70. The number of nitrogens with one attached hydrogen (secondary N) is 3. The Morgan fingerprint density at radius 3 is 2.47 bits per heavy atom. The lowest BCUT2D eigenvalue weighted by molar-refractivity contribution is -0.137. The lowest BCUT2D eigenvalue weighted by Gasteiger charge is -2.23. The summed E-state index contributed by atoms with van der Waals surface area (Å²) in [5, 5.41) is 18.6. The molecule has 1 saturated carbocycles. The average molecular weight is 469 g/mol. The van der Waals surface area contributed by atoms with E-state index >= 15 is 0 Å². The van der Waals surface area contributed by atoms with Gasteiger partial charge in [-0.25, -0.2) is 0 Å². The predicted molar refractivity (Wildman–Crippen MR) is 132 cm³/mol. The number of benzene rings is 2. The Morgan fingerprint density at radius 1 is 1.16 bits per heavy atom.